The summed E-state index contributed by atoms with van der Waals surface area (Å²) in [7, 11) is 0. The molecule has 2 aromatic heterocycles. The molecule has 0 aromatic carbocycles. The fourth-order valence-electron chi connectivity index (χ4n) is 3.00. The van der Waals surface area contributed by atoms with Crippen molar-refractivity contribution in [1.29, 1.82) is 0 Å². The minimum absolute atomic E-state index is 0.651. The Morgan fingerprint density at radius 2 is 2.32 bits per heavy atom. The maximum Gasteiger partial charge on any atom is 0.113 e. The van der Waals surface area contributed by atoms with E-state index in [0.29, 0.717) is 6.04 Å². The molecule has 1 unspecified atom stereocenters. The van der Waals surface area contributed by atoms with Crippen molar-refractivity contribution in [3.8, 4) is 0 Å². The number of anilines is 1. The molecular formula is C15H22N4. The van der Waals surface area contributed by atoms with Crippen molar-refractivity contribution in [3.63, 3.8) is 0 Å². The molecule has 3 rings (SSSR count). The van der Waals surface area contributed by atoms with E-state index in [4.69, 9.17) is 5.73 Å². The number of nitrogens with two attached hydrogens (primary N) is 1. The predicted octanol–water partition coefficient (Wildman–Crippen LogP) is 2.19. The van der Waals surface area contributed by atoms with Crippen molar-refractivity contribution in [1.82, 2.24) is 14.3 Å². The summed E-state index contributed by atoms with van der Waals surface area (Å²) < 4.78 is 2.13. The Kier molecular flexibility index (Phi) is 3.19. The van der Waals surface area contributed by atoms with Crippen LogP contribution in [0.15, 0.2) is 24.5 Å². The molecule has 19 heavy (non-hydrogen) atoms. The van der Waals surface area contributed by atoms with Crippen LogP contribution in [-0.2, 0) is 6.42 Å². The smallest absolute Gasteiger partial charge is 0.113 e. The second-order valence-electron chi connectivity index (χ2n) is 5.84. The normalized spacial score (nSPS) is 20.7. The standard InChI is InChI=1S/C15H22N4/c1-11(2)18-7-5-12(10-18)8-15-17-9-14-13(16)4-3-6-19(14)15/h3-4,6,9,11-12H,5,7-8,10,16H2,1-2H3. The maximum absolute atomic E-state index is 5.97. The molecule has 102 valence electrons. The minimum Gasteiger partial charge on any atom is -0.397 e. The van der Waals surface area contributed by atoms with E-state index in [9.17, 15) is 0 Å². The molecule has 0 saturated carbocycles. The van der Waals surface area contributed by atoms with E-state index in [1.165, 1.54) is 19.5 Å². The zero-order valence-corrected chi connectivity index (χ0v) is 11.7. The van der Waals surface area contributed by atoms with Gasteiger partial charge in [-0.15, -0.1) is 0 Å². The van der Waals surface area contributed by atoms with Gasteiger partial charge in [-0.05, 0) is 44.9 Å². The number of rotatable bonds is 3. The van der Waals surface area contributed by atoms with Crippen LogP contribution >= 0.6 is 0 Å². The van der Waals surface area contributed by atoms with E-state index in [1.807, 2.05) is 18.3 Å². The topological polar surface area (TPSA) is 46.6 Å². The highest BCUT2D eigenvalue weighted by Crippen LogP contribution is 2.23. The van der Waals surface area contributed by atoms with Crippen molar-refractivity contribution in [2.45, 2.75) is 32.7 Å². The Hall–Kier alpha value is -1.55. The number of nitrogen functional groups attached to an aromatic ring is 1. The first-order valence-electron chi connectivity index (χ1n) is 7.09. The van der Waals surface area contributed by atoms with Gasteiger partial charge in [0.05, 0.1) is 17.4 Å². The zero-order valence-electron chi connectivity index (χ0n) is 11.7. The molecule has 0 amide bonds. The summed E-state index contributed by atoms with van der Waals surface area (Å²) in [5, 5.41) is 0. The molecule has 1 aliphatic heterocycles. The van der Waals surface area contributed by atoms with Crippen LogP contribution in [0.2, 0.25) is 0 Å². The average Bonchev–Trinajstić information content (AvgIpc) is 2.98. The Bertz CT molecular complexity index is 573. The monoisotopic (exact) mass is 258 g/mol. The average molecular weight is 258 g/mol. The zero-order chi connectivity index (χ0) is 13.4. The second-order valence-corrected chi connectivity index (χ2v) is 5.84. The SMILES string of the molecule is CC(C)N1CCC(Cc2ncc3c(N)cccn23)C1. The number of nitrogens with zero attached hydrogens (tertiary/aromatic N) is 3. The van der Waals surface area contributed by atoms with E-state index < -0.39 is 0 Å². The second kappa shape index (κ2) is 4.85. The predicted molar refractivity (Wildman–Crippen MR) is 78.1 cm³/mol. The molecule has 0 bridgehead atoms. The van der Waals surface area contributed by atoms with Crippen LogP contribution in [0.25, 0.3) is 5.52 Å². The van der Waals surface area contributed by atoms with E-state index in [2.05, 4.69) is 34.3 Å². The molecule has 3 heterocycles. The van der Waals surface area contributed by atoms with Gasteiger partial charge in [0, 0.05) is 25.2 Å². The lowest BCUT2D eigenvalue weighted by molar-refractivity contribution is 0.264. The van der Waals surface area contributed by atoms with Crippen molar-refractivity contribution in [2.24, 2.45) is 5.92 Å². The van der Waals surface area contributed by atoms with Crippen LogP contribution in [0, 0.1) is 5.92 Å². The van der Waals surface area contributed by atoms with E-state index >= 15 is 0 Å². The third-order valence-corrected chi connectivity index (χ3v) is 4.20. The molecule has 1 fully saturated rings. The molecular weight excluding hydrogens is 236 g/mol. The molecule has 1 atom stereocenters. The molecule has 2 N–H and O–H groups in total. The van der Waals surface area contributed by atoms with Crippen LogP contribution < -0.4 is 5.73 Å². The van der Waals surface area contributed by atoms with Gasteiger partial charge in [0.2, 0.25) is 0 Å². The summed E-state index contributed by atoms with van der Waals surface area (Å²) in [4.78, 5) is 7.10. The first-order valence-corrected chi connectivity index (χ1v) is 7.09. The van der Waals surface area contributed by atoms with E-state index in [1.54, 1.807) is 0 Å². The first-order chi connectivity index (χ1) is 9.15. The summed E-state index contributed by atoms with van der Waals surface area (Å²) in [6.45, 7) is 6.95. The van der Waals surface area contributed by atoms with Gasteiger partial charge in [0.1, 0.15) is 5.82 Å². The quantitative estimate of drug-likeness (QED) is 0.918. The number of fused-ring (bicyclic) bond motifs is 1. The lowest BCUT2D eigenvalue weighted by atomic mass is 10.0. The Labute approximate surface area is 114 Å². The summed E-state index contributed by atoms with van der Waals surface area (Å²) in [5.41, 5.74) is 7.80. The highest BCUT2D eigenvalue weighted by atomic mass is 15.2. The molecule has 0 aliphatic carbocycles. The van der Waals surface area contributed by atoms with Crippen molar-refractivity contribution in [2.75, 3.05) is 18.8 Å². The van der Waals surface area contributed by atoms with Crippen molar-refractivity contribution >= 4 is 11.2 Å². The lowest BCUT2D eigenvalue weighted by Gasteiger charge is -2.20. The summed E-state index contributed by atoms with van der Waals surface area (Å²) in [5.74, 6) is 1.85. The summed E-state index contributed by atoms with van der Waals surface area (Å²) in [6.07, 6.45) is 6.26. The number of pyridine rings is 1. The fraction of sp³-hybridized carbons (Fsp3) is 0.533. The Morgan fingerprint density at radius 1 is 1.47 bits per heavy atom. The van der Waals surface area contributed by atoms with Crippen LogP contribution in [0.3, 0.4) is 0 Å². The van der Waals surface area contributed by atoms with Gasteiger partial charge in [-0.1, -0.05) is 0 Å². The van der Waals surface area contributed by atoms with Gasteiger partial charge >= 0.3 is 0 Å². The molecule has 0 spiro atoms. The third-order valence-electron chi connectivity index (χ3n) is 4.20. The third kappa shape index (κ3) is 2.32. The highest BCUT2D eigenvalue weighted by Gasteiger charge is 2.25. The number of hydrogen-bond donors (Lipinski definition) is 1. The van der Waals surface area contributed by atoms with Gasteiger partial charge in [-0.2, -0.15) is 0 Å². The molecule has 1 saturated heterocycles. The van der Waals surface area contributed by atoms with Gasteiger partial charge < -0.3 is 15.0 Å². The van der Waals surface area contributed by atoms with E-state index in [-0.39, 0.29) is 0 Å². The van der Waals surface area contributed by atoms with Crippen LogP contribution in [0.4, 0.5) is 5.69 Å². The Morgan fingerprint density at radius 3 is 3.05 bits per heavy atom. The Balaban J connectivity index is 1.78. The van der Waals surface area contributed by atoms with E-state index in [0.717, 1.165) is 29.4 Å². The number of likely N-dealkylation sites (tertiary alicyclic amines) is 1. The summed E-state index contributed by atoms with van der Waals surface area (Å²) in [6, 6.07) is 4.57. The molecule has 4 nitrogen and oxygen atoms in total. The molecule has 0 radical (unpaired) electrons. The van der Waals surface area contributed by atoms with Gasteiger partial charge in [0.15, 0.2) is 0 Å². The maximum atomic E-state index is 5.97. The molecule has 1 aliphatic rings. The number of imidazole rings is 1. The van der Waals surface area contributed by atoms with Crippen LogP contribution in [-0.4, -0.2) is 33.4 Å². The highest BCUT2D eigenvalue weighted by molar-refractivity contribution is 5.68. The number of hydrogen-bond acceptors (Lipinski definition) is 3. The fourth-order valence-corrected chi connectivity index (χ4v) is 3.00. The van der Waals surface area contributed by atoms with Crippen molar-refractivity contribution in [3.05, 3.63) is 30.4 Å². The summed E-state index contributed by atoms with van der Waals surface area (Å²) >= 11 is 0. The van der Waals surface area contributed by atoms with Crippen molar-refractivity contribution < 1.29 is 0 Å². The van der Waals surface area contributed by atoms with Crippen LogP contribution in [0.5, 0.6) is 0 Å². The minimum atomic E-state index is 0.651. The van der Waals surface area contributed by atoms with Gasteiger partial charge in [-0.25, -0.2) is 4.98 Å². The number of aromatic nitrogens is 2. The van der Waals surface area contributed by atoms with Gasteiger partial charge in [0.25, 0.3) is 0 Å². The van der Waals surface area contributed by atoms with Gasteiger partial charge in [-0.3, -0.25) is 0 Å². The first kappa shape index (κ1) is 12.5. The largest absolute Gasteiger partial charge is 0.397 e. The lowest BCUT2D eigenvalue weighted by Crippen LogP contribution is -2.28. The van der Waals surface area contributed by atoms with Crippen LogP contribution in [0.1, 0.15) is 26.1 Å². The molecule has 4 heteroatoms. The molecule has 2 aromatic rings.